The first-order chi connectivity index (χ1) is 9.14. The van der Waals surface area contributed by atoms with E-state index in [-0.39, 0.29) is 5.54 Å². The number of benzene rings is 1. The molecule has 2 rings (SSSR count). The summed E-state index contributed by atoms with van der Waals surface area (Å²) in [7, 11) is 3.41. The van der Waals surface area contributed by atoms with Gasteiger partial charge in [-0.15, -0.1) is 11.8 Å². The van der Waals surface area contributed by atoms with Gasteiger partial charge < -0.3 is 15.2 Å². The number of methoxy groups -OCH3 is 2. The molecule has 0 saturated heterocycles. The fourth-order valence-electron chi connectivity index (χ4n) is 2.87. The molecule has 0 aromatic heterocycles. The average molecular weight is 281 g/mol. The van der Waals surface area contributed by atoms with Gasteiger partial charge in [0.1, 0.15) is 11.5 Å². The molecule has 4 heteroatoms. The second-order valence-corrected chi connectivity index (χ2v) is 5.97. The molecule has 1 aliphatic rings. The van der Waals surface area contributed by atoms with Crippen molar-refractivity contribution in [2.75, 3.05) is 20.5 Å². The Kier molecular flexibility index (Phi) is 4.63. The first-order valence-corrected chi connectivity index (χ1v) is 7.96. The minimum Gasteiger partial charge on any atom is -0.496 e. The summed E-state index contributed by atoms with van der Waals surface area (Å²) in [6.07, 6.45) is 7.73. The van der Waals surface area contributed by atoms with Crippen molar-refractivity contribution in [1.29, 1.82) is 0 Å². The van der Waals surface area contributed by atoms with E-state index in [0.29, 0.717) is 0 Å². The maximum atomic E-state index is 6.63. The molecule has 0 heterocycles. The molecule has 1 aromatic carbocycles. The van der Waals surface area contributed by atoms with E-state index in [0.717, 1.165) is 34.8 Å². The Balaban J connectivity index is 2.48. The van der Waals surface area contributed by atoms with Crippen LogP contribution in [0.1, 0.15) is 37.7 Å². The van der Waals surface area contributed by atoms with E-state index in [4.69, 9.17) is 15.2 Å². The van der Waals surface area contributed by atoms with E-state index >= 15 is 0 Å². The maximum absolute atomic E-state index is 6.63. The molecule has 1 aromatic rings. The summed E-state index contributed by atoms with van der Waals surface area (Å²) in [5, 5.41) is 0. The van der Waals surface area contributed by atoms with Crippen molar-refractivity contribution in [2.24, 2.45) is 5.73 Å². The largest absolute Gasteiger partial charge is 0.496 e. The Bertz CT molecular complexity index is 442. The summed E-state index contributed by atoms with van der Waals surface area (Å²) in [6.45, 7) is 0. The van der Waals surface area contributed by atoms with Gasteiger partial charge in [0, 0.05) is 11.1 Å². The molecule has 0 atom stereocenters. The van der Waals surface area contributed by atoms with Crippen LogP contribution in [0, 0.1) is 0 Å². The second kappa shape index (κ2) is 6.06. The lowest BCUT2D eigenvalue weighted by Gasteiger charge is -2.35. The molecule has 0 spiro atoms. The van der Waals surface area contributed by atoms with Crippen molar-refractivity contribution in [1.82, 2.24) is 0 Å². The summed E-state index contributed by atoms with van der Waals surface area (Å²) in [4.78, 5) is 1.09. The molecule has 106 valence electrons. The van der Waals surface area contributed by atoms with Gasteiger partial charge in [-0.05, 0) is 31.2 Å². The maximum Gasteiger partial charge on any atom is 0.133 e. The van der Waals surface area contributed by atoms with Crippen LogP contribution in [-0.4, -0.2) is 20.5 Å². The molecule has 0 unspecified atom stereocenters. The van der Waals surface area contributed by atoms with Crippen LogP contribution in [0.3, 0.4) is 0 Å². The van der Waals surface area contributed by atoms with E-state index in [9.17, 15) is 0 Å². The van der Waals surface area contributed by atoms with Crippen LogP contribution in [0.15, 0.2) is 17.0 Å². The van der Waals surface area contributed by atoms with Crippen LogP contribution in [-0.2, 0) is 5.54 Å². The Morgan fingerprint density at radius 3 is 2.21 bits per heavy atom. The van der Waals surface area contributed by atoms with Crippen molar-refractivity contribution in [3.05, 3.63) is 17.7 Å². The Morgan fingerprint density at radius 2 is 1.68 bits per heavy atom. The Morgan fingerprint density at radius 1 is 1.05 bits per heavy atom. The fraction of sp³-hybridized carbons (Fsp3) is 0.600. The molecule has 0 aliphatic heterocycles. The third kappa shape index (κ3) is 2.84. The highest BCUT2D eigenvalue weighted by molar-refractivity contribution is 7.98. The zero-order valence-corrected chi connectivity index (χ0v) is 12.8. The van der Waals surface area contributed by atoms with Gasteiger partial charge in [0.25, 0.3) is 0 Å². The standard InChI is InChI=1S/C15H23NO2S/c1-17-12-10-14(19-3)13(18-2)9-11(12)15(16)7-5-4-6-8-15/h9-10H,4-8,16H2,1-3H3. The van der Waals surface area contributed by atoms with Gasteiger partial charge in [-0.25, -0.2) is 0 Å². The van der Waals surface area contributed by atoms with Crippen LogP contribution in [0.5, 0.6) is 11.5 Å². The molecule has 0 radical (unpaired) electrons. The number of thioether (sulfide) groups is 1. The van der Waals surface area contributed by atoms with Crippen molar-refractivity contribution in [3.8, 4) is 11.5 Å². The molecular formula is C15H23NO2S. The smallest absolute Gasteiger partial charge is 0.133 e. The van der Waals surface area contributed by atoms with Gasteiger partial charge in [-0.2, -0.15) is 0 Å². The quantitative estimate of drug-likeness (QED) is 0.857. The van der Waals surface area contributed by atoms with Crippen LogP contribution >= 0.6 is 11.8 Å². The number of hydrogen-bond acceptors (Lipinski definition) is 4. The topological polar surface area (TPSA) is 44.5 Å². The minimum absolute atomic E-state index is 0.270. The van der Waals surface area contributed by atoms with Crippen LogP contribution < -0.4 is 15.2 Å². The first-order valence-electron chi connectivity index (χ1n) is 6.74. The molecule has 19 heavy (non-hydrogen) atoms. The number of rotatable bonds is 4. The number of hydrogen-bond donors (Lipinski definition) is 1. The summed E-state index contributed by atoms with van der Waals surface area (Å²) in [5.74, 6) is 1.77. The highest BCUT2D eigenvalue weighted by Gasteiger charge is 2.33. The summed E-state index contributed by atoms with van der Waals surface area (Å²) in [6, 6.07) is 4.11. The molecular weight excluding hydrogens is 258 g/mol. The van der Waals surface area contributed by atoms with Crippen molar-refractivity contribution < 1.29 is 9.47 Å². The molecule has 3 nitrogen and oxygen atoms in total. The normalized spacial score (nSPS) is 18.1. The SMILES string of the molecule is COc1cc(C2(N)CCCCC2)c(OC)cc1SC. The van der Waals surface area contributed by atoms with Crippen molar-refractivity contribution in [3.63, 3.8) is 0 Å². The van der Waals surface area contributed by atoms with E-state index < -0.39 is 0 Å². The van der Waals surface area contributed by atoms with E-state index in [2.05, 4.69) is 6.07 Å². The highest BCUT2D eigenvalue weighted by atomic mass is 32.2. The third-order valence-corrected chi connectivity index (χ3v) is 4.75. The van der Waals surface area contributed by atoms with Gasteiger partial charge in [0.05, 0.1) is 19.1 Å². The van der Waals surface area contributed by atoms with Crippen molar-refractivity contribution >= 4 is 11.8 Å². The van der Waals surface area contributed by atoms with Crippen LogP contribution in [0.2, 0.25) is 0 Å². The first kappa shape index (κ1) is 14.5. The van der Waals surface area contributed by atoms with Gasteiger partial charge in [0.2, 0.25) is 0 Å². The predicted octanol–water partition coefficient (Wildman–Crippen LogP) is 3.54. The monoisotopic (exact) mass is 281 g/mol. The zero-order valence-electron chi connectivity index (χ0n) is 12.0. The van der Waals surface area contributed by atoms with Crippen LogP contribution in [0.25, 0.3) is 0 Å². The molecule has 1 aliphatic carbocycles. The summed E-state index contributed by atoms with van der Waals surface area (Å²) < 4.78 is 11.0. The lowest BCUT2D eigenvalue weighted by atomic mass is 9.77. The molecule has 0 amide bonds. The van der Waals surface area contributed by atoms with Crippen molar-refractivity contribution in [2.45, 2.75) is 42.5 Å². The lowest BCUT2D eigenvalue weighted by molar-refractivity contribution is 0.286. The van der Waals surface area contributed by atoms with Gasteiger partial charge in [-0.1, -0.05) is 19.3 Å². The zero-order chi connectivity index (χ0) is 13.9. The van der Waals surface area contributed by atoms with E-state index in [1.54, 1.807) is 26.0 Å². The molecule has 0 bridgehead atoms. The predicted molar refractivity (Wildman–Crippen MR) is 80.3 cm³/mol. The second-order valence-electron chi connectivity index (χ2n) is 5.12. The lowest BCUT2D eigenvalue weighted by Crippen LogP contribution is -2.39. The minimum atomic E-state index is -0.270. The molecule has 1 saturated carbocycles. The third-order valence-electron chi connectivity index (χ3n) is 3.99. The fourth-order valence-corrected chi connectivity index (χ4v) is 3.44. The Hall–Kier alpha value is -0.870. The number of ether oxygens (including phenoxy) is 2. The summed E-state index contributed by atoms with van der Waals surface area (Å²) in [5.41, 5.74) is 7.45. The average Bonchev–Trinajstić information content (AvgIpc) is 2.46. The van der Waals surface area contributed by atoms with Crippen LogP contribution in [0.4, 0.5) is 0 Å². The van der Waals surface area contributed by atoms with Gasteiger partial charge >= 0.3 is 0 Å². The van der Waals surface area contributed by atoms with Gasteiger partial charge in [-0.3, -0.25) is 0 Å². The number of nitrogens with two attached hydrogens (primary N) is 1. The Labute approximate surface area is 119 Å². The van der Waals surface area contributed by atoms with E-state index in [1.165, 1.54) is 19.3 Å². The summed E-state index contributed by atoms with van der Waals surface area (Å²) >= 11 is 1.66. The van der Waals surface area contributed by atoms with Gasteiger partial charge in [0.15, 0.2) is 0 Å². The molecule has 2 N–H and O–H groups in total. The van der Waals surface area contributed by atoms with E-state index in [1.807, 2.05) is 12.3 Å². The highest BCUT2D eigenvalue weighted by Crippen LogP contribution is 2.43. The molecule has 1 fully saturated rings.